The Labute approximate surface area is 142 Å². The lowest BCUT2D eigenvalue weighted by Gasteiger charge is -2.12. The van der Waals surface area contributed by atoms with Crippen molar-refractivity contribution in [3.05, 3.63) is 57.6 Å². The average Bonchev–Trinajstić information content (AvgIpc) is 2.91. The van der Waals surface area contributed by atoms with E-state index in [0.29, 0.717) is 12.5 Å². The van der Waals surface area contributed by atoms with Crippen LogP contribution >= 0.6 is 11.3 Å². The van der Waals surface area contributed by atoms with Gasteiger partial charge in [0.1, 0.15) is 0 Å². The SMILES string of the molecule is Cc1ccc(/C(=C/C(=O)NCCc2csc(C)n2)C(C)C)cc1. The lowest BCUT2D eigenvalue weighted by Crippen LogP contribution is -2.24. The quantitative estimate of drug-likeness (QED) is 0.809. The minimum Gasteiger partial charge on any atom is -0.352 e. The largest absolute Gasteiger partial charge is 0.352 e. The highest BCUT2D eigenvalue weighted by molar-refractivity contribution is 7.09. The fraction of sp³-hybridized carbons (Fsp3) is 0.368. The van der Waals surface area contributed by atoms with Crippen LogP contribution < -0.4 is 5.32 Å². The summed E-state index contributed by atoms with van der Waals surface area (Å²) >= 11 is 1.64. The summed E-state index contributed by atoms with van der Waals surface area (Å²) in [7, 11) is 0. The molecule has 1 aromatic heterocycles. The van der Waals surface area contributed by atoms with Crippen LogP contribution in [0.15, 0.2) is 35.7 Å². The van der Waals surface area contributed by atoms with Gasteiger partial charge in [-0.25, -0.2) is 4.98 Å². The summed E-state index contributed by atoms with van der Waals surface area (Å²) in [4.78, 5) is 16.6. The molecule has 0 radical (unpaired) electrons. The highest BCUT2D eigenvalue weighted by Gasteiger charge is 2.09. The molecular weight excluding hydrogens is 304 g/mol. The van der Waals surface area contributed by atoms with E-state index in [9.17, 15) is 4.79 Å². The zero-order valence-corrected chi connectivity index (χ0v) is 15.0. The van der Waals surface area contributed by atoms with Crippen LogP contribution in [0.3, 0.4) is 0 Å². The zero-order chi connectivity index (χ0) is 16.8. The van der Waals surface area contributed by atoms with Crippen LogP contribution in [0.2, 0.25) is 0 Å². The maximum atomic E-state index is 12.2. The van der Waals surface area contributed by atoms with Crippen LogP contribution in [0.1, 0.15) is 35.7 Å². The molecule has 0 aliphatic carbocycles. The summed E-state index contributed by atoms with van der Waals surface area (Å²) in [6.45, 7) is 8.88. The van der Waals surface area contributed by atoms with Crippen molar-refractivity contribution in [2.75, 3.05) is 6.54 Å². The van der Waals surface area contributed by atoms with E-state index in [1.165, 1.54) is 5.56 Å². The molecule has 1 aromatic carbocycles. The smallest absolute Gasteiger partial charge is 0.244 e. The van der Waals surface area contributed by atoms with Gasteiger partial charge in [0.15, 0.2) is 0 Å². The Bertz CT molecular complexity index is 684. The number of benzene rings is 1. The summed E-state index contributed by atoms with van der Waals surface area (Å²) in [6, 6.07) is 8.31. The van der Waals surface area contributed by atoms with Crippen molar-refractivity contribution in [1.29, 1.82) is 0 Å². The van der Waals surface area contributed by atoms with Crippen LogP contribution in [0.5, 0.6) is 0 Å². The molecule has 23 heavy (non-hydrogen) atoms. The number of aromatic nitrogens is 1. The predicted molar refractivity (Wildman–Crippen MR) is 97.6 cm³/mol. The fourth-order valence-corrected chi connectivity index (χ4v) is 3.01. The Morgan fingerprint density at radius 3 is 2.52 bits per heavy atom. The second-order valence-corrected chi connectivity index (χ2v) is 7.08. The topological polar surface area (TPSA) is 42.0 Å². The van der Waals surface area contributed by atoms with Crippen molar-refractivity contribution in [3.8, 4) is 0 Å². The maximum Gasteiger partial charge on any atom is 0.244 e. The Morgan fingerprint density at radius 1 is 1.26 bits per heavy atom. The molecule has 2 rings (SSSR count). The van der Waals surface area contributed by atoms with E-state index in [-0.39, 0.29) is 5.91 Å². The summed E-state index contributed by atoms with van der Waals surface area (Å²) < 4.78 is 0. The third-order valence-corrected chi connectivity index (χ3v) is 4.46. The van der Waals surface area contributed by atoms with Gasteiger partial charge in [0.05, 0.1) is 10.7 Å². The Balaban J connectivity index is 1.98. The van der Waals surface area contributed by atoms with Crippen molar-refractivity contribution in [3.63, 3.8) is 0 Å². The van der Waals surface area contributed by atoms with Crippen molar-refractivity contribution in [2.24, 2.45) is 5.92 Å². The lowest BCUT2D eigenvalue weighted by atomic mass is 9.94. The molecule has 1 amide bonds. The van der Waals surface area contributed by atoms with E-state index in [0.717, 1.165) is 28.3 Å². The molecular formula is C19H24N2OS. The van der Waals surface area contributed by atoms with Crippen molar-refractivity contribution in [2.45, 2.75) is 34.1 Å². The first-order valence-electron chi connectivity index (χ1n) is 7.93. The highest BCUT2D eigenvalue weighted by Crippen LogP contribution is 2.23. The van der Waals surface area contributed by atoms with Gasteiger partial charge in [0.2, 0.25) is 5.91 Å². The first-order chi connectivity index (χ1) is 11.0. The normalized spacial score (nSPS) is 11.8. The number of rotatable bonds is 6. The van der Waals surface area contributed by atoms with Crippen LogP contribution in [0.25, 0.3) is 5.57 Å². The molecule has 0 atom stereocenters. The second-order valence-electron chi connectivity index (χ2n) is 6.02. The van der Waals surface area contributed by atoms with Crippen molar-refractivity contribution < 1.29 is 4.79 Å². The first kappa shape index (κ1) is 17.4. The number of amides is 1. The number of hydrogen-bond acceptors (Lipinski definition) is 3. The number of aryl methyl sites for hydroxylation is 2. The number of allylic oxidation sites excluding steroid dienone is 1. The van der Waals surface area contributed by atoms with Gasteiger partial charge in [-0.1, -0.05) is 43.7 Å². The first-order valence-corrected chi connectivity index (χ1v) is 8.81. The van der Waals surface area contributed by atoms with Gasteiger partial charge in [0.25, 0.3) is 0 Å². The predicted octanol–water partition coefficient (Wildman–Crippen LogP) is 4.16. The number of thiazole rings is 1. The third-order valence-electron chi connectivity index (χ3n) is 3.64. The number of carbonyl (C=O) groups excluding carboxylic acids is 1. The summed E-state index contributed by atoms with van der Waals surface area (Å²) in [5, 5.41) is 6.06. The van der Waals surface area contributed by atoms with Gasteiger partial charge in [-0.3, -0.25) is 4.79 Å². The second kappa shape index (κ2) is 8.06. The summed E-state index contributed by atoms with van der Waals surface area (Å²) in [6.07, 6.45) is 2.49. The van der Waals surface area contributed by atoms with Gasteiger partial charge >= 0.3 is 0 Å². The molecule has 122 valence electrons. The standard InChI is InChI=1S/C19H24N2OS/c1-13(2)18(16-7-5-14(3)6-8-16)11-19(22)20-10-9-17-12-23-15(4)21-17/h5-8,11-13H,9-10H2,1-4H3,(H,20,22)/b18-11+. The number of nitrogens with zero attached hydrogens (tertiary/aromatic N) is 1. The third kappa shape index (κ3) is 5.32. The molecule has 3 nitrogen and oxygen atoms in total. The fourth-order valence-electron chi connectivity index (χ4n) is 2.36. The van der Waals surface area contributed by atoms with Crippen molar-refractivity contribution in [1.82, 2.24) is 10.3 Å². The highest BCUT2D eigenvalue weighted by atomic mass is 32.1. The monoisotopic (exact) mass is 328 g/mol. The molecule has 0 bridgehead atoms. The Morgan fingerprint density at radius 2 is 1.96 bits per heavy atom. The maximum absolute atomic E-state index is 12.2. The van der Waals surface area contributed by atoms with E-state index in [1.807, 2.05) is 12.3 Å². The summed E-state index contributed by atoms with van der Waals surface area (Å²) in [5.41, 5.74) is 4.43. The minimum atomic E-state index is -0.0405. The van der Waals surface area contributed by atoms with Crippen LogP contribution in [0, 0.1) is 19.8 Å². The van der Waals surface area contributed by atoms with E-state index >= 15 is 0 Å². The van der Waals surface area contributed by atoms with Crippen molar-refractivity contribution >= 4 is 22.8 Å². The molecule has 1 heterocycles. The molecule has 1 N–H and O–H groups in total. The van der Waals surface area contributed by atoms with Crippen LogP contribution in [-0.2, 0) is 11.2 Å². The van der Waals surface area contributed by atoms with E-state index in [1.54, 1.807) is 17.4 Å². The van der Waals surface area contributed by atoms with Crippen LogP contribution in [0.4, 0.5) is 0 Å². The Kier molecular flexibility index (Phi) is 6.11. The lowest BCUT2D eigenvalue weighted by molar-refractivity contribution is -0.116. The molecule has 4 heteroatoms. The van der Waals surface area contributed by atoms with Crippen LogP contribution in [-0.4, -0.2) is 17.4 Å². The molecule has 0 aliphatic rings. The van der Waals surface area contributed by atoms with E-state index in [4.69, 9.17) is 0 Å². The van der Waals surface area contributed by atoms with Gasteiger partial charge in [-0.15, -0.1) is 11.3 Å². The van der Waals surface area contributed by atoms with E-state index < -0.39 is 0 Å². The molecule has 0 spiro atoms. The Hall–Kier alpha value is -1.94. The molecule has 2 aromatic rings. The molecule has 0 unspecified atom stereocenters. The molecule has 0 saturated heterocycles. The minimum absolute atomic E-state index is 0.0405. The summed E-state index contributed by atoms with van der Waals surface area (Å²) in [5.74, 6) is 0.255. The van der Waals surface area contributed by atoms with Gasteiger partial charge in [0, 0.05) is 24.4 Å². The molecule has 0 saturated carbocycles. The number of hydrogen-bond donors (Lipinski definition) is 1. The molecule has 0 fully saturated rings. The van der Waals surface area contributed by atoms with Gasteiger partial charge in [-0.05, 0) is 30.9 Å². The van der Waals surface area contributed by atoms with Gasteiger partial charge < -0.3 is 5.32 Å². The van der Waals surface area contributed by atoms with E-state index in [2.05, 4.69) is 55.3 Å². The number of carbonyl (C=O) groups is 1. The molecule has 0 aliphatic heterocycles. The van der Waals surface area contributed by atoms with Gasteiger partial charge in [-0.2, -0.15) is 0 Å². The number of nitrogens with one attached hydrogen (secondary N) is 1. The average molecular weight is 328 g/mol. The zero-order valence-electron chi connectivity index (χ0n) is 14.2.